The number of hydrogen-bond acceptors (Lipinski definition) is 3. The standard InChI is InChI=1S/C13H27NO2/c1-7-8-11(3)14-9-10(2)12(15)16-13(4,5)6/h10-11,14H,7-9H2,1-6H3. The van der Waals surface area contributed by atoms with Gasteiger partial charge in [-0.1, -0.05) is 20.3 Å². The van der Waals surface area contributed by atoms with Gasteiger partial charge in [0.15, 0.2) is 0 Å². The zero-order valence-electron chi connectivity index (χ0n) is 11.6. The van der Waals surface area contributed by atoms with Crippen LogP contribution in [0.5, 0.6) is 0 Å². The van der Waals surface area contributed by atoms with Crippen molar-refractivity contribution in [2.75, 3.05) is 6.54 Å². The third kappa shape index (κ3) is 7.69. The summed E-state index contributed by atoms with van der Waals surface area (Å²) >= 11 is 0. The van der Waals surface area contributed by atoms with Gasteiger partial charge in [-0.15, -0.1) is 0 Å². The van der Waals surface area contributed by atoms with E-state index in [0.717, 1.165) is 12.8 Å². The first-order chi connectivity index (χ1) is 7.26. The lowest BCUT2D eigenvalue weighted by molar-refractivity contribution is -0.159. The van der Waals surface area contributed by atoms with Crippen molar-refractivity contribution >= 4 is 5.97 Å². The van der Waals surface area contributed by atoms with E-state index in [1.807, 2.05) is 27.7 Å². The van der Waals surface area contributed by atoms with Crippen molar-refractivity contribution in [3.63, 3.8) is 0 Å². The minimum absolute atomic E-state index is 0.0847. The molecule has 0 saturated carbocycles. The summed E-state index contributed by atoms with van der Waals surface area (Å²) in [5.41, 5.74) is -0.389. The van der Waals surface area contributed by atoms with E-state index in [1.54, 1.807) is 0 Å². The van der Waals surface area contributed by atoms with Crippen molar-refractivity contribution in [1.29, 1.82) is 0 Å². The molecule has 0 aromatic heterocycles. The van der Waals surface area contributed by atoms with E-state index in [2.05, 4.69) is 19.2 Å². The van der Waals surface area contributed by atoms with E-state index in [0.29, 0.717) is 12.6 Å². The second-order valence-corrected chi connectivity index (χ2v) is 5.53. The van der Waals surface area contributed by atoms with Crippen LogP contribution < -0.4 is 5.32 Å². The number of rotatable bonds is 6. The molecule has 2 atom stereocenters. The predicted molar refractivity (Wildman–Crippen MR) is 67.4 cm³/mol. The molecule has 2 unspecified atom stereocenters. The van der Waals surface area contributed by atoms with Crippen LogP contribution in [0.4, 0.5) is 0 Å². The van der Waals surface area contributed by atoms with Gasteiger partial charge >= 0.3 is 5.97 Å². The highest BCUT2D eigenvalue weighted by Gasteiger charge is 2.21. The molecule has 1 N–H and O–H groups in total. The first-order valence-corrected chi connectivity index (χ1v) is 6.22. The van der Waals surface area contributed by atoms with Crippen LogP contribution in [-0.4, -0.2) is 24.2 Å². The highest BCUT2D eigenvalue weighted by molar-refractivity contribution is 5.72. The van der Waals surface area contributed by atoms with Crippen LogP contribution in [0.1, 0.15) is 54.4 Å². The molecule has 0 aromatic rings. The number of carbonyl (C=O) groups is 1. The normalized spacial score (nSPS) is 15.6. The topological polar surface area (TPSA) is 38.3 Å². The van der Waals surface area contributed by atoms with Crippen LogP contribution in [0.15, 0.2) is 0 Å². The summed E-state index contributed by atoms with van der Waals surface area (Å²) in [6.45, 7) is 12.6. The van der Waals surface area contributed by atoms with E-state index in [9.17, 15) is 4.79 Å². The second kappa shape index (κ2) is 6.89. The Balaban J connectivity index is 3.88. The largest absolute Gasteiger partial charge is 0.460 e. The van der Waals surface area contributed by atoms with Crippen molar-refractivity contribution < 1.29 is 9.53 Å². The number of ether oxygens (including phenoxy) is 1. The van der Waals surface area contributed by atoms with Crippen LogP contribution in [0, 0.1) is 5.92 Å². The third-order valence-corrected chi connectivity index (χ3v) is 2.30. The van der Waals surface area contributed by atoms with Crippen LogP contribution in [0.25, 0.3) is 0 Å². The van der Waals surface area contributed by atoms with Gasteiger partial charge in [0.05, 0.1) is 5.92 Å². The van der Waals surface area contributed by atoms with Gasteiger partial charge in [0.2, 0.25) is 0 Å². The first kappa shape index (κ1) is 15.4. The first-order valence-electron chi connectivity index (χ1n) is 6.22. The smallest absolute Gasteiger partial charge is 0.310 e. The van der Waals surface area contributed by atoms with Gasteiger partial charge in [-0.05, 0) is 34.1 Å². The molecule has 3 heteroatoms. The molecule has 0 radical (unpaired) electrons. The second-order valence-electron chi connectivity index (χ2n) is 5.53. The quantitative estimate of drug-likeness (QED) is 0.712. The molecule has 0 aliphatic heterocycles. The van der Waals surface area contributed by atoms with Crippen molar-refractivity contribution in [3.05, 3.63) is 0 Å². The lowest BCUT2D eigenvalue weighted by atomic mass is 10.1. The molecule has 0 bridgehead atoms. The molecular weight excluding hydrogens is 202 g/mol. The van der Waals surface area contributed by atoms with Crippen LogP contribution in [0.3, 0.4) is 0 Å². The van der Waals surface area contributed by atoms with E-state index < -0.39 is 0 Å². The molecule has 0 heterocycles. The van der Waals surface area contributed by atoms with E-state index in [-0.39, 0.29) is 17.5 Å². The van der Waals surface area contributed by atoms with Gasteiger partial charge in [-0.25, -0.2) is 0 Å². The van der Waals surface area contributed by atoms with Gasteiger partial charge in [0, 0.05) is 12.6 Å². The Morgan fingerprint density at radius 1 is 1.31 bits per heavy atom. The summed E-state index contributed by atoms with van der Waals surface area (Å²) in [6.07, 6.45) is 2.30. The monoisotopic (exact) mass is 229 g/mol. The summed E-state index contributed by atoms with van der Waals surface area (Å²) in [5, 5.41) is 3.35. The fraction of sp³-hybridized carbons (Fsp3) is 0.923. The van der Waals surface area contributed by atoms with Crippen LogP contribution in [0.2, 0.25) is 0 Å². The number of carbonyl (C=O) groups excluding carboxylic acids is 1. The Labute approximate surface area is 99.9 Å². The molecule has 0 amide bonds. The lowest BCUT2D eigenvalue weighted by Gasteiger charge is -2.23. The molecule has 0 saturated heterocycles. The van der Waals surface area contributed by atoms with E-state index >= 15 is 0 Å². The Kier molecular flexibility index (Phi) is 6.65. The molecule has 0 aliphatic rings. The molecular formula is C13H27NO2. The summed E-state index contributed by atoms with van der Waals surface area (Å²) < 4.78 is 5.31. The van der Waals surface area contributed by atoms with Gasteiger partial charge in [0.1, 0.15) is 5.60 Å². The maximum Gasteiger partial charge on any atom is 0.310 e. The molecule has 0 spiro atoms. The molecule has 0 fully saturated rings. The Morgan fingerprint density at radius 3 is 2.31 bits per heavy atom. The summed E-state index contributed by atoms with van der Waals surface area (Å²) in [7, 11) is 0. The van der Waals surface area contributed by atoms with Crippen molar-refractivity contribution in [2.24, 2.45) is 5.92 Å². The summed E-state index contributed by atoms with van der Waals surface area (Å²) in [5.74, 6) is -0.206. The molecule has 96 valence electrons. The number of nitrogens with one attached hydrogen (secondary N) is 1. The van der Waals surface area contributed by atoms with E-state index in [1.165, 1.54) is 0 Å². The number of hydrogen-bond donors (Lipinski definition) is 1. The Bertz CT molecular complexity index is 208. The zero-order chi connectivity index (χ0) is 12.8. The Hall–Kier alpha value is -0.570. The highest BCUT2D eigenvalue weighted by Crippen LogP contribution is 2.10. The molecule has 0 rings (SSSR count). The summed E-state index contributed by atoms with van der Waals surface area (Å²) in [6, 6.07) is 0.467. The van der Waals surface area contributed by atoms with Crippen LogP contribution >= 0.6 is 0 Å². The molecule has 3 nitrogen and oxygen atoms in total. The van der Waals surface area contributed by atoms with Crippen LogP contribution in [-0.2, 0) is 9.53 Å². The average Bonchev–Trinajstić information content (AvgIpc) is 2.11. The average molecular weight is 229 g/mol. The fourth-order valence-corrected chi connectivity index (χ4v) is 1.40. The summed E-state index contributed by atoms with van der Waals surface area (Å²) in [4.78, 5) is 11.7. The van der Waals surface area contributed by atoms with Crippen molar-refractivity contribution in [2.45, 2.75) is 66.0 Å². The maximum absolute atomic E-state index is 11.7. The minimum atomic E-state index is -0.389. The van der Waals surface area contributed by atoms with E-state index in [4.69, 9.17) is 4.74 Å². The third-order valence-electron chi connectivity index (χ3n) is 2.30. The van der Waals surface area contributed by atoms with Gasteiger partial charge in [-0.3, -0.25) is 4.79 Å². The zero-order valence-corrected chi connectivity index (χ0v) is 11.6. The molecule has 16 heavy (non-hydrogen) atoms. The number of esters is 1. The fourth-order valence-electron chi connectivity index (χ4n) is 1.40. The lowest BCUT2D eigenvalue weighted by Crippen LogP contribution is -2.36. The maximum atomic E-state index is 11.7. The van der Waals surface area contributed by atoms with Crippen molar-refractivity contribution in [3.8, 4) is 0 Å². The Morgan fingerprint density at radius 2 is 1.88 bits per heavy atom. The predicted octanol–water partition coefficient (Wildman–Crippen LogP) is 2.74. The van der Waals surface area contributed by atoms with Gasteiger partial charge < -0.3 is 10.1 Å². The van der Waals surface area contributed by atoms with Gasteiger partial charge in [-0.2, -0.15) is 0 Å². The van der Waals surface area contributed by atoms with Crippen molar-refractivity contribution in [1.82, 2.24) is 5.32 Å². The molecule has 0 aromatic carbocycles. The molecule has 0 aliphatic carbocycles. The van der Waals surface area contributed by atoms with Gasteiger partial charge in [0.25, 0.3) is 0 Å². The highest BCUT2D eigenvalue weighted by atomic mass is 16.6. The SMILES string of the molecule is CCCC(C)NCC(C)C(=O)OC(C)(C)C. The minimum Gasteiger partial charge on any atom is -0.460 e.